The molecule has 16 heavy (non-hydrogen) atoms. The van der Waals surface area contributed by atoms with Crippen LogP contribution >= 0.6 is 15.9 Å². The largest absolute Gasteiger partial charge is 0.494 e. The Morgan fingerprint density at radius 2 is 2.25 bits per heavy atom. The molecule has 2 nitrogen and oxygen atoms in total. The Labute approximate surface area is 103 Å². The van der Waals surface area contributed by atoms with E-state index in [4.69, 9.17) is 4.74 Å². The second kappa shape index (κ2) is 5.15. The third-order valence-electron chi connectivity index (χ3n) is 2.94. The summed E-state index contributed by atoms with van der Waals surface area (Å²) in [6.45, 7) is 0.957. The third-order valence-corrected chi connectivity index (χ3v) is 3.40. The number of ether oxygens (including phenoxy) is 1. The summed E-state index contributed by atoms with van der Waals surface area (Å²) >= 11 is 3.38. The maximum atomic E-state index is 14.1. The Kier molecular flexibility index (Phi) is 3.82. The summed E-state index contributed by atoms with van der Waals surface area (Å²) in [7, 11) is 1.49. The number of hydrogen-bond acceptors (Lipinski definition) is 2. The number of benzene rings is 1. The first-order valence-corrected chi connectivity index (χ1v) is 6.28. The van der Waals surface area contributed by atoms with Crippen molar-refractivity contribution in [2.45, 2.75) is 25.3 Å². The van der Waals surface area contributed by atoms with Gasteiger partial charge in [0.2, 0.25) is 0 Å². The molecule has 1 aliphatic heterocycles. The molecule has 0 aromatic heterocycles. The first-order chi connectivity index (χ1) is 7.72. The average Bonchev–Trinajstić information content (AvgIpc) is 2.33. The lowest BCUT2D eigenvalue weighted by Gasteiger charge is -2.24. The van der Waals surface area contributed by atoms with E-state index in [1.165, 1.54) is 13.5 Å². The number of halogens is 2. The molecule has 0 amide bonds. The van der Waals surface area contributed by atoms with Gasteiger partial charge in [-0.1, -0.05) is 22.4 Å². The summed E-state index contributed by atoms with van der Waals surface area (Å²) in [6.07, 6.45) is 3.30. The van der Waals surface area contributed by atoms with E-state index in [2.05, 4.69) is 21.2 Å². The van der Waals surface area contributed by atoms with Crippen LogP contribution in [0.1, 0.15) is 30.9 Å². The van der Waals surface area contributed by atoms with E-state index < -0.39 is 0 Å². The summed E-state index contributed by atoms with van der Waals surface area (Å²) in [6, 6.07) is 3.60. The van der Waals surface area contributed by atoms with E-state index in [1.807, 2.05) is 6.07 Å². The average molecular weight is 288 g/mol. The van der Waals surface area contributed by atoms with Crippen LogP contribution in [0.2, 0.25) is 0 Å². The zero-order valence-electron chi connectivity index (χ0n) is 9.22. The molecule has 1 saturated heterocycles. The van der Waals surface area contributed by atoms with E-state index >= 15 is 0 Å². The fourth-order valence-electron chi connectivity index (χ4n) is 2.10. The van der Waals surface area contributed by atoms with Crippen molar-refractivity contribution in [3.8, 4) is 5.75 Å². The van der Waals surface area contributed by atoms with E-state index in [-0.39, 0.29) is 11.9 Å². The van der Waals surface area contributed by atoms with Crippen molar-refractivity contribution < 1.29 is 9.13 Å². The zero-order chi connectivity index (χ0) is 11.5. The smallest absolute Gasteiger partial charge is 0.169 e. The van der Waals surface area contributed by atoms with Crippen molar-refractivity contribution in [2.75, 3.05) is 13.7 Å². The van der Waals surface area contributed by atoms with Crippen molar-refractivity contribution in [3.05, 3.63) is 28.0 Å². The minimum absolute atomic E-state index is 0.111. The predicted octanol–water partition coefficient (Wildman–Crippen LogP) is 3.41. The molecular formula is C12H15BrFNO. The molecule has 4 heteroatoms. The van der Waals surface area contributed by atoms with Crippen LogP contribution in [0.3, 0.4) is 0 Å². The van der Waals surface area contributed by atoms with Crippen LogP contribution in [0.5, 0.6) is 5.75 Å². The van der Waals surface area contributed by atoms with Crippen LogP contribution in [-0.2, 0) is 0 Å². The molecule has 88 valence electrons. The highest BCUT2D eigenvalue weighted by Crippen LogP contribution is 2.32. The predicted molar refractivity (Wildman–Crippen MR) is 65.2 cm³/mol. The van der Waals surface area contributed by atoms with Crippen molar-refractivity contribution in [2.24, 2.45) is 0 Å². The second-order valence-electron chi connectivity index (χ2n) is 4.01. The van der Waals surface area contributed by atoms with Crippen LogP contribution in [0.15, 0.2) is 16.6 Å². The van der Waals surface area contributed by atoms with Gasteiger partial charge >= 0.3 is 0 Å². The molecular weight excluding hydrogens is 273 g/mol. The monoisotopic (exact) mass is 287 g/mol. The minimum Gasteiger partial charge on any atom is -0.494 e. The highest BCUT2D eigenvalue weighted by Gasteiger charge is 2.21. The summed E-state index contributed by atoms with van der Waals surface area (Å²) in [4.78, 5) is 0. The van der Waals surface area contributed by atoms with Gasteiger partial charge < -0.3 is 10.1 Å². The quantitative estimate of drug-likeness (QED) is 0.900. The van der Waals surface area contributed by atoms with Crippen LogP contribution < -0.4 is 10.1 Å². The minimum atomic E-state index is -0.245. The molecule has 1 unspecified atom stereocenters. The Bertz CT molecular complexity index is 378. The molecule has 1 aromatic rings. The van der Waals surface area contributed by atoms with Crippen molar-refractivity contribution in [3.63, 3.8) is 0 Å². The topological polar surface area (TPSA) is 21.3 Å². The van der Waals surface area contributed by atoms with Gasteiger partial charge in [-0.15, -0.1) is 0 Å². The molecule has 0 saturated carbocycles. The fraction of sp³-hybridized carbons (Fsp3) is 0.500. The van der Waals surface area contributed by atoms with Gasteiger partial charge in [-0.3, -0.25) is 0 Å². The molecule has 0 radical (unpaired) electrons. The lowest BCUT2D eigenvalue weighted by atomic mass is 9.97. The molecule has 2 rings (SSSR count). The Morgan fingerprint density at radius 1 is 1.44 bits per heavy atom. The summed E-state index contributed by atoms with van der Waals surface area (Å²) in [5.41, 5.74) is 0.700. The molecule has 1 N–H and O–H groups in total. The zero-order valence-corrected chi connectivity index (χ0v) is 10.8. The van der Waals surface area contributed by atoms with Gasteiger partial charge in [0.15, 0.2) is 11.6 Å². The SMILES string of the molecule is COc1cc(Br)cc(C2CCCCN2)c1F. The number of hydrogen-bond donors (Lipinski definition) is 1. The van der Waals surface area contributed by atoms with Gasteiger partial charge in [-0.05, 0) is 31.5 Å². The van der Waals surface area contributed by atoms with E-state index in [1.54, 1.807) is 6.07 Å². The van der Waals surface area contributed by atoms with Gasteiger partial charge in [-0.2, -0.15) is 0 Å². The highest BCUT2D eigenvalue weighted by molar-refractivity contribution is 9.10. The molecule has 1 aromatic carbocycles. The molecule has 0 aliphatic carbocycles. The lowest BCUT2D eigenvalue weighted by molar-refractivity contribution is 0.365. The van der Waals surface area contributed by atoms with Gasteiger partial charge in [0.1, 0.15) is 0 Å². The highest BCUT2D eigenvalue weighted by atomic mass is 79.9. The van der Waals surface area contributed by atoms with Crippen LogP contribution in [-0.4, -0.2) is 13.7 Å². The maximum Gasteiger partial charge on any atom is 0.169 e. The first kappa shape index (κ1) is 11.9. The number of rotatable bonds is 2. The van der Waals surface area contributed by atoms with Gasteiger partial charge in [0.05, 0.1) is 7.11 Å². The van der Waals surface area contributed by atoms with E-state index in [9.17, 15) is 4.39 Å². The van der Waals surface area contributed by atoms with Crippen LogP contribution in [0.25, 0.3) is 0 Å². The number of nitrogens with one attached hydrogen (secondary N) is 1. The normalized spacial score (nSPS) is 20.8. The molecule has 0 bridgehead atoms. The Balaban J connectivity index is 2.34. The molecule has 1 fully saturated rings. The maximum absolute atomic E-state index is 14.1. The Hall–Kier alpha value is -0.610. The second-order valence-corrected chi connectivity index (χ2v) is 4.93. The summed E-state index contributed by atoms with van der Waals surface area (Å²) in [5, 5.41) is 3.34. The number of piperidine rings is 1. The standard InChI is InChI=1S/C12H15BrFNO/c1-16-11-7-8(13)6-9(12(11)14)10-4-2-3-5-15-10/h6-7,10,15H,2-5H2,1H3. The summed E-state index contributed by atoms with van der Waals surface area (Å²) < 4.78 is 19.9. The molecule has 1 atom stereocenters. The first-order valence-electron chi connectivity index (χ1n) is 5.48. The number of methoxy groups -OCH3 is 1. The van der Waals surface area contributed by atoms with E-state index in [0.29, 0.717) is 11.3 Å². The molecule has 1 aliphatic rings. The molecule has 0 spiro atoms. The van der Waals surface area contributed by atoms with Crippen molar-refractivity contribution in [1.82, 2.24) is 5.32 Å². The Morgan fingerprint density at radius 3 is 2.88 bits per heavy atom. The fourth-order valence-corrected chi connectivity index (χ4v) is 2.56. The van der Waals surface area contributed by atoms with Crippen LogP contribution in [0.4, 0.5) is 4.39 Å². The van der Waals surface area contributed by atoms with Gasteiger partial charge in [-0.25, -0.2) is 4.39 Å². The van der Waals surface area contributed by atoms with E-state index in [0.717, 1.165) is 23.9 Å². The third kappa shape index (κ3) is 2.38. The van der Waals surface area contributed by atoms with Gasteiger partial charge in [0, 0.05) is 16.1 Å². The van der Waals surface area contributed by atoms with Crippen molar-refractivity contribution >= 4 is 15.9 Å². The summed E-state index contributed by atoms with van der Waals surface area (Å²) in [5.74, 6) is 0.0573. The van der Waals surface area contributed by atoms with Gasteiger partial charge in [0.25, 0.3) is 0 Å². The van der Waals surface area contributed by atoms with Crippen LogP contribution in [0, 0.1) is 5.82 Å². The molecule has 1 heterocycles. The van der Waals surface area contributed by atoms with Crippen molar-refractivity contribution in [1.29, 1.82) is 0 Å². The lowest BCUT2D eigenvalue weighted by Crippen LogP contribution is -2.27.